The third kappa shape index (κ3) is 1.19. The predicted molar refractivity (Wildman–Crippen MR) is 58.6 cm³/mol. The Morgan fingerprint density at radius 3 is 2.81 bits per heavy atom. The van der Waals surface area contributed by atoms with Crippen LogP contribution < -0.4 is 4.74 Å². The molecule has 0 fully saturated rings. The molecule has 84 valence electrons. The summed E-state index contributed by atoms with van der Waals surface area (Å²) < 4.78 is 10.1. The maximum absolute atomic E-state index is 11.4. The number of rotatable bonds is 2. The van der Waals surface area contributed by atoms with Gasteiger partial charge >= 0.3 is 5.97 Å². The highest BCUT2D eigenvalue weighted by atomic mass is 16.5. The minimum absolute atomic E-state index is 0.116. The SMILES string of the molecule is C=Cc1c(O)c2c(c(C)c1OC)COC2=O. The lowest BCUT2D eigenvalue weighted by Gasteiger charge is -2.13. The van der Waals surface area contributed by atoms with Gasteiger partial charge in [0.2, 0.25) is 0 Å². The van der Waals surface area contributed by atoms with Crippen LogP contribution in [0, 0.1) is 6.92 Å². The number of hydrogen-bond donors (Lipinski definition) is 1. The summed E-state index contributed by atoms with van der Waals surface area (Å²) in [6, 6.07) is 0. The summed E-state index contributed by atoms with van der Waals surface area (Å²) >= 11 is 0. The van der Waals surface area contributed by atoms with E-state index >= 15 is 0 Å². The first kappa shape index (κ1) is 10.5. The van der Waals surface area contributed by atoms with Gasteiger partial charge < -0.3 is 14.6 Å². The average molecular weight is 220 g/mol. The van der Waals surface area contributed by atoms with Gasteiger partial charge in [-0.1, -0.05) is 12.7 Å². The Kier molecular flexibility index (Phi) is 2.34. The standard InChI is InChI=1S/C12H12O4/c1-4-7-10(13)9-8(5-16-12(9)14)6(2)11(7)15-3/h4,13H,1,5H2,2-3H3. The Hall–Kier alpha value is -1.97. The molecule has 0 saturated carbocycles. The molecule has 16 heavy (non-hydrogen) atoms. The summed E-state index contributed by atoms with van der Waals surface area (Å²) in [6.07, 6.45) is 1.47. The van der Waals surface area contributed by atoms with Crippen LogP contribution in [-0.4, -0.2) is 18.2 Å². The van der Waals surface area contributed by atoms with Crippen LogP contribution in [0.4, 0.5) is 0 Å². The monoisotopic (exact) mass is 220 g/mol. The Morgan fingerprint density at radius 1 is 1.56 bits per heavy atom. The zero-order chi connectivity index (χ0) is 11.9. The number of cyclic esters (lactones) is 1. The number of aromatic hydroxyl groups is 1. The summed E-state index contributed by atoms with van der Waals surface area (Å²) in [6.45, 7) is 5.61. The second-order valence-corrected chi connectivity index (χ2v) is 3.55. The molecular weight excluding hydrogens is 208 g/mol. The van der Waals surface area contributed by atoms with Gasteiger partial charge in [-0.3, -0.25) is 0 Å². The number of methoxy groups -OCH3 is 1. The van der Waals surface area contributed by atoms with Crippen LogP contribution in [0.25, 0.3) is 6.08 Å². The number of benzene rings is 1. The molecule has 0 bridgehead atoms. The van der Waals surface area contributed by atoms with E-state index in [1.807, 2.05) is 6.92 Å². The van der Waals surface area contributed by atoms with E-state index in [-0.39, 0.29) is 17.9 Å². The lowest BCUT2D eigenvalue weighted by atomic mass is 9.97. The number of carbonyl (C=O) groups excluding carboxylic acids is 1. The molecule has 1 aromatic rings. The number of carbonyl (C=O) groups is 1. The van der Waals surface area contributed by atoms with E-state index < -0.39 is 5.97 Å². The van der Waals surface area contributed by atoms with Gasteiger partial charge in [0.15, 0.2) is 0 Å². The van der Waals surface area contributed by atoms with Crippen molar-refractivity contribution in [2.24, 2.45) is 0 Å². The van der Waals surface area contributed by atoms with Gasteiger partial charge in [-0.2, -0.15) is 0 Å². The van der Waals surface area contributed by atoms with Gasteiger partial charge in [0.25, 0.3) is 0 Å². The molecule has 0 atom stereocenters. The number of phenols is 1. The van der Waals surface area contributed by atoms with E-state index in [2.05, 4.69) is 6.58 Å². The number of fused-ring (bicyclic) bond motifs is 1. The van der Waals surface area contributed by atoms with Crippen LogP contribution in [0.1, 0.15) is 27.0 Å². The number of ether oxygens (including phenoxy) is 2. The lowest BCUT2D eigenvalue weighted by molar-refractivity contribution is 0.0533. The topological polar surface area (TPSA) is 55.8 Å². The summed E-state index contributed by atoms with van der Waals surface area (Å²) in [7, 11) is 1.51. The Morgan fingerprint density at radius 2 is 2.25 bits per heavy atom. The molecule has 1 aromatic carbocycles. The highest BCUT2D eigenvalue weighted by molar-refractivity contribution is 5.99. The molecule has 0 aromatic heterocycles. The van der Waals surface area contributed by atoms with Crippen LogP contribution in [0.15, 0.2) is 6.58 Å². The lowest BCUT2D eigenvalue weighted by Crippen LogP contribution is -2.00. The van der Waals surface area contributed by atoms with Crippen LogP contribution >= 0.6 is 0 Å². The molecule has 0 saturated heterocycles. The molecule has 1 aliphatic rings. The highest BCUT2D eigenvalue weighted by Crippen LogP contribution is 2.41. The number of esters is 1. The zero-order valence-electron chi connectivity index (χ0n) is 9.16. The first-order chi connectivity index (χ1) is 7.61. The second-order valence-electron chi connectivity index (χ2n) is 3.55. The molecule has 0 aliphatic carbocycles. The molecule has 2 rings (SSSR count). The maximum atomic E-state index is 11.4. The molecule has 4 nitrogen and oxygen atoms in total. The van der Waals surface area contributed by atoms with E-state index in [4.69, 9.17) is 9.47 Å². The summed E-state index contributed by atoms with van der Waals surface area (Å²) in [5.74, 6) is -0.0825. The van der Waals surface area contributed by atoms with E-state index in [0.717, 1.165) is 5.56 Å². The predicted octanol–water partition coefficient (Wildman–Crippen LogP) is 2.02. The fourth-order valence-corrected chi connectivity index (χ4v) is 1.97. The molecule has 1 heterocycles. The molecule has 0 spiro atoms. The van der Waals surface area contributed by atoms with E-state index in [0.29, 0.717) is 16.9 Å². The Balaban J connectivity index is 2.84. The summed E-state index contributed by atoms with van der Waals surface area (Å²) in [4.78, 5) is 11.4. The fraction of sp³-hybridized carbons (Fsp3) is 0.250. The van der Waals surface area contributed by atoms with Gasteiger partial charge in [0.05, 0.1) is 12.7 Å². The van der Waals surface area contributed by atoms with Crippen LogP contribution in [0.5, 0.6) is 11.5 Å². The van der Waals surface area contributed by atoms with Gasteiger partial charge in [-0.05, 0) is 12.5 Å². The minimum atomic E-state index is -0.499. The van der Waals surface area contributed by atoms with Crippen LogP contribution in [0.3, 0.4) is 0 Å². The van der Waals surface area contributed by atoms with Gasteiger partial charge in [-0.15, -0.1) is 0 Å². The van der Waals surface area contributed by atoms with Crippen molar-refractivity contribution in [1.29, 1.82) is 0 Å². The number of phenolic OH excluding ortho intramolecular Hbond substituents is 1. The smallest absolute Gasteiger partial charge is 0.342 e. The van der Waals surface area contributed by atoms with Crippen LogP contribution in [-0.2, 0) is 11.3 Å². The zero-order valence-corrected chi connectivity index (χ0v) is 9.16. The molecule has 4 heteroatoms. The first-order valence-corrected chi connectivity index (χ1v) is 4.83. The molecule has 0 unspecified atom stereocenters. The third-order valence-electron chi connectivity index (χ3n) is 2.79. The maximum Gasteiger partial charge on any atom is 0.342 e. The van der Waals surface area contributed by atoms with Gasteiger partial charge in [0, 0.05) is 5.56 Å². The molecule has 0 amide bonds. The first-order valence-electron chi connectivity index (χ1n) is 4.83. The van der Waals surface area contributed by atoms with Crippen molar-refractivity contribution in [2.75, 3.05) is 7.11 Å². The fourth-order valence-electron chi connectivity index (χ4n) is 1.97. The number of hydrogen-bond acceptors (Lipinski definition) is 4. The van der Waals surface area contributed by atoms with Crippen molar-refractivity contribution in [3.63, 3.8) is 0 Å². The normalized spacial score (nSPS) is 13.2. The molecule has 0 radical (unpaired) electrons. The van der Waals surface area contributed by atoms with Gasteiger partial charge in [-0.25, -0.2) is 4.79 Å². The molecule has 1 N–H and O–H groups in total. The second kappa shape index (κ2) is 3.56. The van der Waals surface area contributed by atoms with Crippen molar-refractivity contribution < 1.29 is 19.4 Å². The molecule has 1 aliphatic heterocycles. The van der Waals surface area contributed by atoms with Crippen LogP contribution in [0.2, 0.25) is 0 Å². The minimum Gasteiger partial charge on any atom is -0.506 e. The van der Waals surface area contributed by atoms with E-state index in [1.54, 1.807) is 0 Å². The summed E-state index contributed by atoms with van der Waals surface area (Å²) in [5, 5.41) is 9.96. The quantitative estimate of drug-likeness (QED) is 0.775. The highest BCUT2D eigenvalue weighted by Gasteiger charge is 2.31. The summed E-state index contributed by atoms with van der Waals surface area (Å²) in [5.41, 5.74) is 2.15. The van der Waals surface area contributed by atoms with Crippen molar-refractivity contribution >= 4 is 12.0 Å². The Labute approximate surface area is 93.1 Å². The van der Waals surface area contributed by atoms with Gasteiger partial charge in [0.1, 0.15) is 23.7 Å². The van der Waals surface area contributed by atoms with E-state index in [1.165, 1.54) is 13.2 Å². The largest absolute Gasteiger partial charge is 0.506 e. The van der Waals surface area contributed by atoms with Crippen molar-refractivity contribution in [3.05, 3.63) is 28.8 Å². The van der Waals surface area contributed by atoms with Crippen molar-refractivity contribution in [1.82, 2.24) is 0 Å². The molecular formula is C12H12O4. The average Bonchev–Trinajstić information content (AvgIpc) is 2.65. The van der Waals surface area contributed by atoms with Crippen molar-refractivity contribution in [3.8, 4) is 11.5 Å². The van der Waals surface area contributed by atoms with E-state index in [9.17, 15) is 9.90 Å². The third-order valence-corrected chi connectivity index (χ3v) is 2.79. The van der Waals surface area contributed by atoms with Crippen molar-refractivity contribution in [2.45, 2.75) is 13.5 Å². The Bertz CT molecular complexity index is 485.